The van der Waals surface area contributed by atoms with Crippen molar-refractivity contribution >= 4 is 5.91 Å². The maximum absolute atomic E-state index is 13.1. The van der Waals surface area contributed by atoms with E-state index >= 15 is 0 Å². The van der Waals surface area contributed by atoms with Crippen LogP contribution in [0.2, 0.25) is 0 Å². The summed E-state index contributed by atoms with van der Waals surface area (Å²) in [5.74, 6) is -4.47. The van der Waals surface area contributed by atoms with Crippen molar-refractivity contribution in [3.05, 3.63) is 0 Å². The monoisotopic (exact) mass is 284 g/mol. The molecule has 1 amide bonds. The molecule has 0 radical (unpaired) electrons. The van der Waals surface area contributed by atoms with Crippen LogP contribution in [0.4, 0.5) is 17.6 Å². The Morgan fingerprint density at radius 2 is 1.95 bits per heavy atom. The first-order chi connectivity index (χ1) is 8.69. The molecule has 1 saturated heterocycles. The van der Waals surface area contributed by atoms with E-state index in [2.05, 4.69) is 5.32 Å². The average molecular weight is 284 g/mol. The van der Waals surface area contributed by atoms with Crippen molar-refractivity contribution in [1.82, 2.24) is 10.2 Å². The topological polar surface area (TPSA) is 32.3 Å². The highest BCUT2D eigenvalue weighted by molar-refractivity contribution is 5.84. The van der Waals surface area contributed by atoms with Gasteiger partial charge in [-0.05, 0) is 18.8 Å². The molecule has 0 aromatic carbocycles. The minimum Gasteiger partial charge on any atom is -0.320 e. The van der Waals surface area contributed by atoms with E-state index in [4.69, 9.17) is 0 Å². The summed E-state index contributed by atoms with van der Waals surface area (Å²) < 4.78 is 50.6. The normalized spacial score (nSPS) is 24.9. The average Bonchev–Trinajstić information content (AvgIpc) is 2.56. The Hall–Kier alpha value is -0.850. The number of alkyl halides is 4. The molecule has 1 aliphatic heterocycles. The summed E-state index contributed by atoms with van der Waals surface area (Å²) in [7, 11) is 0. The third kappa shape index (κ3) is 3.81. The molecule has 112 valence electrons. The molecular formula is C12H20F4N2O. The molecule has 0 aromatic heterocycles. The number of nitrogens with one attached hydrogen (secondary N) is 1. The van der Waals surface area contributed by atoms with Crippen LogP contribution in [0.1, 0.15) is 33.6 Å². The minimum atomic E-state index is -4.17. The van der Waals surface area contributed by atoms with E-state index in [-0.39, 0.29) is 5.92 Å². The van der Waals surface area contributed by atoms with Gasteiger partial charge in [0.05, 0.1) is 18.8 Å². The molecule has 2 atom stereocenters. The van der Waals surface area contributed by atoms with Crippen molar-refractivity contribution in [1.29, 1.82) is 0 Å². The summed E-state index contributed by atoms with van der Waals surface area (Å²) in [5, 5.41) is 2.93. The van der Waals surface area contributed by atoms with Crippen molar-refractivity contribution in [2.75, 3.05) is 6.54 Å². The van der Waals surface area contributed by atoms with E-state index in [0.29, 0.717) is 12.8 Å². The first-order valence-corrected chi connectivity index (χ1v) is 6.41. The van der Waals surface area contributed by atoms with Crippen LogP contribution in [-0.2, 0) is 4.79 Å². The molecule has 1 rings (SSSR count). The lowest BCUT2D eigenvalue weighted by atomic mass is 10.0. The molecule has 0 aliphatic carbocycles. The van der Waals surface area contributed by atoms with Gasteiger partial charge in [0, 0.05) is 0 Å². The van der Waals surface area contributed by atoms with Crippen molar-refractivity contribution in [3.63, 3.8) is 0 Å². The second-order valence-corrected chi connectivity index (χ2v) is 5.30. The molecule has 1 aliphatic rings. The molecule has 0 saturated carbocycles. The van der Waals surface area contributed by atoms with Crippen LogP contribution in [0.25, 0.3) is 0 Å². The quantitative estimate of drug-likeness (QED) is 0.760. The smallest absolute Gasteiger partial charge is 0.320 e. The third-order valence-corrected chi connectivity index (χ3v) is 3.15. The van der Waals surface area contributed by atoms with Crippen LogP contribution in [0.5, 0.6) is 0 Å². The summed E-state index contributed by atoms with van der Waals surface area (Å²) in [6.45, 7) is 4.30. The van der Waals surface area contributed by atoms with Gasteiger partial charge in [0.25, 0.3) is 0 Å². The maximum Gasteiger partial charge on any atom is 0.324 e. The number of nitrogens with zero attached hydrogens (tertiary/aromatic N) is 1. The van der Waals surface area contributed by atoms with E-state index in [9.17, 15) is 22.4 Å². The lowest BCUT2D eigenvalue weighted by molar-refractivity contribution is -0.157. The number of rotatable bonds is 6. The Bertz CT molecular complexity index is 323. The van der Waals surface area contributed by atoms with Gasteiger partial charge < -0.3 is 4.90 Å². The van der Waals surface area contributed by atoms with Gasteiger partial charge in [0.15, 0.2) is 0 Å². The van der Waals surface area contributed by atoms with Gasteiger partial charge in [-0.15, -0.1) is 0 Å². The maximum atomic E-state index is 13.1. The van der Waals surface area contributed by atoms with E-state index in [1.54, 1.807) is 6.92 Å². The summed E-state index contributed by atoms with van der Waals surface area (Å²) in [6, 6.07) is -0.557. The third-order valence-electron chi connectivity index (χ3n) is 3.15. The summed E-state index contributed by atoms with van der Waals surface area (Å²) in [6.07, 6.45) is -3.45. The minimum absolute atomic E-state index is 0.217. The highest BCUT2D eigenvalue weighted by atomic mass is 19.3. The Balaban J connectivity index is 2.78. The van der Waals surface area contributed by atoms with Crippen molar-refractivity contribution in [2.24, 2.45) is 5.92 Å². The summed E-state index contributed by atoms with van der Waals surface area (Å²) in [5.41, 5.74) is 0. The van der Waals surface area contributed by atoms with E-state index in [0.717, 1.165) is 4.90 Å². The van der Waals surface area contributed by atoms with Gasteiger partial charge in [-0.3, -0.25) is 10.1 Å². The van der Waals surface area contributed by atoms with E-state index in [1.807, 2.05) is 13.8 Å². The zero-order valence-corrected chi connectivity index (χ0v) is 11.3. The van der Waals surface area contributed by atoms with Crippen LogP contribution < -0.4 is 5.32 Å². The second kappa shape index (κ2) is 6.07. The Morgan fingerprint density at radius 3 is 2.37 bits per heavy atom. The molecule has 3 nitrogen and oxygen atoms in total. The number of carbonyl (C=O) groups is 1. The van der Waals surface area contributed by atoms with Crippen LogP contribution in [0, 0.1) is 5.92 Å². The largest absolute Gasteiger partial charge is 0.324 e. The van der Waals surface area contributed by atoms with Crippen molar-refractivity contribution in [2.45, 2.75) is 58.2 Å². The lowest BCUT2D eigenvalue weighted by Gasteiger charge is -2.27. The SMILES string of the molecule is CCC1NC(CC(C)C)C(=O)N1CC(F)(F)C(F)F. The molecule has 19 heavy (non-hydrogen) atoms. The summed E-state index contributed by atoms with van der Waals surface area (Å²) >= 11 is 0. The highest BCUT2D eigenvalue weighted by Crippen LogP contribution is 2.28. The van der Waals surface area contributed by atoms with Crippen molar-refractivity contribution in [3.8, 4) is 0 Å². The lowest BCUT2D eigenvalue weighted by Crippen LogP contribution is -2.47. The zero-order chi connectivity index (χ0) is 14.8. The fourth-order valence-electron chi connectivity index (χ4n) is 2.21. The first kappa shape index (κ1) is 16.2. The van der Waals surface area contributed by atoms with Gasteiger partial charge in [0.1, 0.15) is 0 Å². The van der Waals surface area contributed by atoms with Crippen LogP contribution in [0.15, 0.2) is 0 Å². The highest BCUT2D eigenvalue weighted by Gasteiger charge is 2.48. The molecular weight excluding hydrogens is 264 g/mol. The van der Waals surface area contributed by atoms with Gasteiger partial charge in [0.2, 0.25) is 5.91 Å². The second-order valence-electron chi connectivity index (χ2n) is 5.30. The number of halogens is 4. The Kier molecular flexibility index (Phi) is 5.18. The summed E-state index contributed by atoms with van der Waals surface area (Å²) in [4.78, 5) is 12.8. The number of carbonyl (C=O) groups excluding carboxylic acids is 1. The van der Waals surface area contributed by atoms with Crippen LogP contribution in [0.3, 0.4) is 0 Å². The number of amides is 1. The Labute approximate surface area is 110 Å². The zero-order valence-electron chi connectivity index (χ0n) is 11.3. The molecule has 2 unspecified atom stereocenters. The van der Waals surface area contributed by atoms with Gasteiger partial charge in [-0.25, -0.2) is 8.78 Å². The van der Waals surface area contributed by atoms with Crippen LogP contribution >= 0.6 is 0 Å². The van der Waals surface area contributed by atoms with Gasteiger partial charge in [-0.2, -0.15) is 8.78 Å². The predicted octanol–water partition coefficient (Wildman–Crippen LogP) is 2.47. The standard InChI is InChI=1S/C12H20F4N2O/c1-4-9-17-8(5-7(2)3)10(19)18(9)6-12(15,16)11(13)14/h7-9,11,17H,4-6H2,1-3H3. The van der Waals surface area contributed by atoms with Gasteiger partial charge >= 0.3 is 12.3 Å². The van der Waals surface area contributed by atoms with Crippen molar-refractivity contribution < 1.29 is 22.4 Å². The predicted molar refractivity (Wildman–Crippen MR) is 63.1 cm³/mol. The first-order valence-electron chi connectivity index (χ1n) is 6.41. The van der Waals surface area contributed by atoms with E-state index in [1.165, 1.54) is 0 Å². The molecule has 0 spiro atoms. The molecule has 0 bridgehead atoms. The fourth-order valence-corrected chi connectivity index (χ4v) is 2.21. The molecule has 1 heterocycles. The van der Waals surface area contributed by atoms with E-state index < -0.39 is 37.0 Å². The van der Waals surface area contributed by atoms with Gasteiger partial charge in [-0.1, -0.05) is 20.8 Å². The molecule has 7 heteroatoms. The molecule has 1 N–H and O–H groups in total. The number of hydrogen-bond acceptors (Lipinski definition) is 2. The molecule has 0 aromatic rings. The molecule has 1 fully saturated rings. The number of hydrogen-bond donors (Lipinski definition) is 1. The van der Waals surface area contributed by atoms with Crippen LogP contribution in [-0.4, -0.2) is 41.9 Å². The fraction of sp³-hybridized carbons (Fsp3) is 0.917. The Morgan fingerprint density at radius 1 is 1.37 bits per heavy atom.